The summed E-state index contributed by atoms with van der Waals surface area (Å²) >= 11 is 12.6. The molecule has 2 aliphatic rings. The Morgan fingerprint density at radius 1 is 0.968 bits per heavy atom. The van der Waals surface area contributed by atoms with Gasteiger partial charge in [0, 0.05) is 24.0 Å². The minimum Gasteiger partial charge on any atom is -0.284 e. The van der Waals surface area contributed by atoms with Crippen molar-refractivity contribution in [2.24, 2.45) is 11.0 Å². The zero-order valence-electron chi connectivity index (χ0n) is 17.7. The topological polar surface area (TPSA) is 47.9 Å². The number of benzene rings is 2. The molecule has 2 aromatic carbocycles. The monoisotopic (exact) mass is 458 g/mol. The quantitative estimate of drug-likeness (QED) is 0.625. The predicted octanol–water partition coefficient (Wildman–Crippen LogP) is 5.84. The Kier molecular flexibility index (Phi) is 7.16. The van der Waals surface area contributed by atoms with Crippen LogP contribution in [0.2, 0.25) is 10.0 Å². The van der Waals surface area contributed by atoms with E-state index >= 15 is 0 Å². The van der Waals surface area contributed by atoms with Crippen molar-refractivity contribution in [3.05, 3.63) is 64.1 Å². The summed E-state index contributed by atoms with van der Waals surface area (Å²) < 4.78 is 0. The minimum absolute atomic E-state index is 0.118. The zero-order valence-corrected chi connectivity index (χ0v) is 19.2. The van der Waals surface area contributed by atoms with Gasteiger partial charge < -0.3 is 0 Å². The van der Waals surface area contributed by atoms with Crippen molar-refractivity contribution in [3.63, 3.8) is 0 Å². The van der Waals surface area contributed by atoms with Crippen molar-refractivity contribution in [2.75, 3.05) is 18.1 Å². The molecule has 1 saturated heterocycles. The number of anilines is 1. The van der Waals surface area contributed by atoms with Crippen LogP contribution in [0.3, 0.4) is 0 Å². The van der Waals surface area contributed by atoms with Crippen molar-refractivity contribution < 1.29 is 4.79 Å². The van der Waals surface area contributed by atoms with Crippen LogP contribution in [0, 0.1) is 5.92 Å². The number of hydrazone groups is 1. The summed E-state index contributed by atoms with van der Waals surface area (Å²) in [6.45, 7) is 3.80. The van der Waals surface area contributed by atoms with Gasteiger partial charge in [-0.2, -0.15) is 5.10 Å². The van der Waals surface area contributed by atoms with Gasteiger partial charge in [-0.05, 0) is 42.7 Å². The molecule has 1 amide bonds. The molecule has 2 aliphatic heterocycles. The Balaban J connectivity index is 1.62. The highest BCUT2D eigenvalue weighted by Crippen LogP contribution is 2.41. The van der Waals surface area contributed by atoms with E-state index in [1.54, 1.807) is 0 Å². The van der Waals surface area contributed by atoms with Crippen molar-refractivity contribution >= 4 is 40.5 Å². The fourth-order valence-electron chi connectivity index (χ4n) is 4.37. The molecule has 4 rings (SSSR count). The van der Waals surface area contributed by atoms with Crippen LogP contribution in [0.4, 0.5) is 5.69 Å². The van der Waals surface area contributed by atoms with E-state index in [2.05, 4.69) is 5.43 Å². The Morgan fingerprint density at radius 2 is 1.61 bits per heavy atom. The molecule has 164 valence electrons. The molecule has 0 radical (unpaired) electrons. The second kappa shape index (κ2) is 10.0. The number of nitrogens with one attached hydrogen (secondary N) is 1. The summed E-state index contributed by atoms with van der Waals surface area (Å²) in [6.07, 6.45) is 5.90. The molecule has 31 heavy (non-hydrogen) atoms. The van der Waals surface area contributed by atoms with Gasteiger partial charge in [0.15, 0.2) is 0 Å². The third-order valence-corrected chi connectivity index (χ3v) is 6.61. The third-order valence-electron chi connectivity index (χ3n) is 6.04. The number of hydrogen-bond donors (Lipinski definition) is 1. The molecular weight excluding hydrogens is 431 g/mol. The number of hydrogen-bond acceptors (Lipinski definition) is 4. The molecule has 7 heteroatoms. The van der Waals surface area contributed by atoms with E-state index in [0.717, 1.165) is 37.2 Å². The molecule has 0 bridgehead atoms. The number of amides is 1. The number of rotatable bonds is 4. The van der Waals surface area contributed by atoms with Gasteiger partial charge in [-0.15, -0.1) is 0 Å². The lowest BCUT2D eigenvalue weighted by atomic mass is 9.91. The van der Waals surface area contributed by atoms with Crippen molar-refractivity contribution in [2.45, 2.75) is 45.1 Å². The summed E-state index contributed by atoms with van der Waals surface area (Å²) in [4.78, 5) is 13.3. The Labute approximate surface area is 194 Å². The van der Waals surface area contributed by atoms with E-state index < -0.39 is 0 Å². The molecular formula is C24H28Cl2N4O. The maximum atomic E-state index is 13.3. The largest absolute Gasteiger partial charge is 0.284 e. The Morgan fingerprint density at radius 3 is 2.29 bits per heavy atom. The first-order valence-corrected chi connectivity index (χ1v) is 11.7. The van der Waals surface area contributed by atoms with Gasteiger partial charge in [0.1, 0.15) is 5.71 Å². The lowest BCUT2D eigenvalue weighted by Gasteiger charge is -2.28. The highest BCUT2D eigenvalue weighted by atomic mass is 35.5. The fourth-order valence-corrected chi connectivity index (χ4v) is 4.72. The lowest BCUT2D eigenvalue weighted by Crippen LogP contribution is -2.47. The highest BCUT2D eigenvalue weighted by Gasteiger charge is 2.40. The molecule has 0 unspecified atom stereocenters. The predicted molar refractivity (Wildman–Crippen MR) is 128 cm³/mol. The summed E-state index contributed by atoms with van der Waals surface area (Å²) in [7, 11) is 0. The first kappa shape index (κ1) is 22.1. The van der Waals surface area contributed by atoms with Crippen LogP contribution in [0.25, 0.3) is 0 Å². The van der Waals surface area contributed by atoms with Gasteiger partial charge in [-0.25, -0.2) is 5.01 Å². The van der Waals surface area contributed by atoms with Crippen molar-refractivity contribution in [1.29, 1.82) is 0 Å². The second-order valence-electron chi connectivity index (χ2n) is 8.26. The minimum atomic E-state index is -0.148. The zero-order chi connectivity index (χ0) is 21.8. The maximum Gasteiger partial charge on any atom is 0.282 e. The van der Waals surface area contributed by atoms with E-state index in [9.17, 15) is 4.79 Å². The molecule has 5 nitrogen and oxygen atoms in total. The second-order valence-corrected chi connectivity index (χ2v) is 9.11. The summed E-state index contributed by atoms with van der Waals surface area (Å²) in [5, 5.41) is 9.98. The van der Waals surface area contributed by atoms with Crippen LogP contribution in [-0.2, 0) is 4.79 Å². The third kappa shape index (κ3) is 5.05. The van der Waals surface area contributed by atoms with Crippen molar-refractivity contribution in [3.8, 4) is 0 Å². The van der Waals surface area contributed by atoms with Crippen LogP contribution in [0.15, 0.2) is 53.6 Å². The fraction of sp³-hybridized carbons (Fsp3) is 0.417. The maximum absolute atomic E-state index is 13.3. The summed E-state index contributed by atoms with van der Waals surface area (Å²) in [5.41, 5.74) is 5.44. The average molecular weight is 459 g/mol. The van der Waals surface area contributed by atoms with E-state index in [1.807, 2.05) is 65.5 Å². The standard InChI is InChI=1S/C24H28Cl2N4O/c1-17-22(24(31)28-29-15-7-3-2-4-8-16-29)27-30(21-10-6-5-9-20(21)26)23(17)18-11-13-19(25)14-12-18/h5-6,9-14,17,23H,2-4,7-8,15-16H2,1H3,(H,28,31)/t17-,23+/m0/s1. The Bertz CT molecular complexity index is 939. The van der Waals surface area contributed by atoms with Crippen LogP contribution >= 0.6 is 23.2 Å². The molecule has 2 aromatic rings. The highest BCUT2D eigenvalue weighted by molar-refractivity contribution is 6.40. The molecule has 0 aliphatic carbocycles. The Hall–Kier alpha value is -2.08. The van der Waals surface area contributed by atoms with Crippen LogP contribution in [0.1, 0.15) is 50.6 Å². The summed E-state index contributed by atoms with van der Waals surface area (Å²) in [5.74, 6) is -0.256. The van der Waals surface area contributed by atoms with Gasteiger partial charge in [-0.3, -0.25) is 15.2 Å². The number of carbonyl (C=O) groups excluding carboxylic acids is 1. The van der Waals surface area contributed by atoms with E-state index in [0.29, 0.717) is 15.8 Å². The number of hydrazine groups is 1. The number of carbonyl (C=O) groups is 1. The smallest absolute Gasteiger partial charge is 0.282 e. The average Bonchev–Trinajstić information content (AvgIpc) is 3.08. The molecule has 0 aromatic heterocycles. The van der Waals surface area contributed by atoms with E-state index in [4.69, 9.17) is 28.3 Å². The molecule has 2 heterocycles. The molecule has 0 spiro atoms. The van der Waals surface area contributed by atoms with Crippen molar-refractivity contribution in [1.82, 2.24) is 10.4 Å². The van der Waals surface area contributed by atoms with Gasteiger partial charge >= 0.3 is 0 Å². The van der Waals surface area contributed by atoms with Gasteiger partial charge in [-0.1, -0.05) is 73.7 Å². The molecule has 2 atom stereocenters. The van der Waals surface area contributed by atoms with Crippen LogP contribution in [0.5, 0.6) is 0 Å². The number of halogens is 2. The van der Waals surface area contributed by atoms with Crippen LogP contribution in [-0.4, -0.2) is 29.7 Å². The molecule has 1 N–H and O–H groups in total. The van der Waals surface area contributed by atoms with Gasteiger partial charge in [0.2, 0.25) is 0 Å². The molecule has 1 fully saturated rings. The van der Waals surface area contributed by atoms with Crippen LogP contribution < -0.4 is 10.4 Å². The first-order valence-electron chi connectivity index (χ1n) is 11.0. The van der Waals surface area contributed by atoms with Gasteiger partial charge in [0.25, 0.3) is 5.91 Å². The SMILES string of the molecule is C[C@H]1C(C(=O)NN2CCCCCCC2)=NN(c2ccccc2Cl)[C@H]1c1ccc(Cl)cc1. The van der Waals surface area contributed by atoms with E-state index in [1.165, 1.54) is 19.3 Å². The number of para-hydroxylation sites is 1. The number of nitrogens with zero attached hydrogens (tertiary/aromatic N) is 3. The molecule has 0 saturated carbocycles. The first-order chi connectivity index (χ1) is 15.0. The van der Waals surface area contributed by atoms with E-state index in [-0.39, 0.29) is 17.9 Å². The van der Waals surface area contributed by atoms with Gasteiger partial charge in [0.05, 0.1) is 16.8 Å². The lowest BCUT2D eigenvalue weighted by molar-refractivity contribution is -0.119. The normalized spacial score (nSPS) is 22.5. The summed E-state index contributed by atoms with van der Waals surface area (Å²) in [6, 6.07) is 15.2.